The molecule has 1 fully saturated rings. The molecule has 0 aliphatic heterocycles. The Morgan fingerprint density at radius 3 is 2.73 bits per heavy atom. The highest BCUT2D eigenvalue weighted by atomic mass is 16.5. The number of carbonyl (C=O) groups excluding carboxylic acids is 1. The van der Waals surface area contributed by atoms with Crippen molar-refractivity contribution >= 4 is 5.78 Å². The molecular formula is C18H22N2O2. The van der Waals surface area contributed by atoms with E-state index in [-0.39, 0.29) is 24.5 Å². The molecule has 0 N–H and O–H groups in total. The van der Waals surface area contributed by atoms with Gasteiger partial charge in [-0.1, -0.05) is 30.3 Å². The molecule has 116 valence electrons. The van der Waals surface area contributed by atoms with Crippen LogP contribution in [0.3, 0.4) is 0 Å². The SMILES string of the molecule is CC(OCC(=O)c1cncn1[C@H](C)c1ccccc1)C1CC1. The molecule has 1 aliphatic carbocycles. The van der Waals surface area contributed by atoms with E-state index in [0.29, 0.717) is 11.6 Å². The summed E-state index contributed by atoms with van der Waals surface area (Å²) in [6.07, 6.45) is 5.96. The second kappa shape index (κ2) is 6.44. The van der Waals surface area contributed by atoms with Crippen LogP contribution in [0.1, 0.15) is 48.8 Å². The zero-order valence-corrected chi connectivity index (χ0v) is 13.1. The zero-order valence-electron chi connectivity index (χ0n) is 13.1. The van der Waals surface area contributed by atoms with Crippen LogP contribution in [0.5, 0.6) is 0 Å². The summed E-state index contributed by atoms with van der Waals surface area (Å²) in [5.74, 6) is 0.633. The van der Waals surface area contributed by atoms with E-state index in [1.54, 1.807) is 12.5 Å². The minimum Gasteiger partial charge on any atom is -0.370 e. The summed E-state index contributed by atoms with van der Waals surface area (Å²) in [6, 6.07) is 10.2. The van der Waals surface area contributed by atoms with E-state index in [1.807, 2.05) is 22.8 Å². The highest BCUT2D eigenvalue weighted by molar-refractivity contribution is 5.95. The first-order chi connectivity index (χ1) is 10.7. The van der Waals surface area contributed by atoms with Gasteiger partial charge in [-0.05, 0) is 38.2 Å². The van der Waals surface area contributed by atoms with Gasteiger partial charge in [0.2, 0.25) is 5.78 Å². The first-order valence-electron chi connectivity index (χ1n) is 7.88. The van der Waals surface area contributed by atoms with Crippen LogP contribution in [0.4, 0.5) is 0 Å². The van der Waals surface area contributed by atoms with Crippen molar-refractivity contribution in [2.75, 3.05) is 6.61 Å². The van der Waals surface area contributed by atoms with Gasteiger partial charge in [-0.3, -0.25) is 4.79 Å². The summed E-state index contributed by atoms with van der Waals surface area (Å²) in [4.78, 5) is 16.6. The first kappa shape index (κ1) is 15.0. The van der Waals surface area contributed by atoms with Crippen molar-refractivity contribution in [2.45, 2.75) is 38.8 Å². The lowest BCUT2D eigenvalue weighted by Crippen LogP contribution is -2.21. The molecule has 22 heavy (non-hydrogen) atoms. The number of aromatic nitrogens is 2. The number of carbonyl (C=O) groups is 1. The largest absolute Gasteiger partial charge is 0.370 e. The number of rotatable bonds is 7. The van der Waals surface area contributed by atoms with Crippen molar-refractivity contribution in [3.63, 3.8) is 0 Å². The molecule has 0 radical (unpaired) electrons. The molecule has 1 unspecified atom stereocenters. The topological polar surface area (TPSA) is 44.1 Å². The fraction of sp³-hybridized carbons (Fsp3) is 0.444. The van der Waals surface area contributed by atoms with Crippen LogP contribution in [-0.2, 0) is 4.74 Å². The number of ketones is 1. The molecule has 1 saturated carbocycles. The molecule has 0 spiro atoms. The maximum Gasteiger partial charge on any atom is 0.206 e. The molecule has 0 bridgehead atoms. The second-order valence-electron chi connectivity index (χ2n) is 6.05. The molecule has 4 nitrogen and oxygen atoms in total. The molecule has 2 atom stereocenters. The zero-order chi connectivity index (χ0) is 15.5. The van der Waals surface area contributed by atoms with E-state index in [0.717, 1.165) is 5.56 Å². The van der Waals surface area contributed by atoms with E-state index in [1.165, 1.54) is 12.8 Å². The normalized spacial score (nSPS) is 17.2. The number of Topliss-reactive ketones (excluding diaryl/α,β-unsaturated/α-hetero) is 1. The van der Waals surface area contributed by atoms with E-state index in [2.05, 4.69) is 31.0 Å². The number of imidazole rings is 1. The Kier molecular flexibility index (Phi) is 4.39. The summed E-state index contributed by atoms with van der Waals surface area (Å²) in [7, 11) is 0. The van der Waals surface area contributed by atoms with E-state index in [9.17, 15) is 4.79 Å². The van der Waals surface area contributed by atoms with E-state index >= 15 is 0 Å². The fourth-order valence-corrected chi connectivity index (χ4v) is 2.70. The van der Waals surface area contributed by atoms with Gasteiger partial charge < -0.3 is 9.30 Å². The minimum absolute atomic E-state index is 0.00668. The predicted octanol–water partition coefficient (Wildman–Crippen LogP) is 3.49. The van der Waals surface area contributed by atoms with Crippen LogP contribution >= 0.6 is 0 Å². The van der Waals surface area contributed by atoms with Gasteiger partial charge in [-0.2, -0.15) is 0 Å². The van der Waals surface area contributed by atoms with Crippen LogP contribution in [0, 0.1) is 5.92 Å². The smallest absolute Gasteiger partial charge is 0.206 e. The van der Waals surface area contributed by atoms with Crippen molar-refractivity contribution in [3.8, 4) is 0 Å². The Hall–Kier alpha value is -1.94. The van der Waals surface area contributed by atoms with Crippen molar-refractivity contribution in [2.24, 2.45) is 5.92 Å². The Morgan fingerprint density at radius 2 is 2.05 bits per heavy atom. The van der Waals surface area contributed by atoms with Gasteiger partial charge in [-0.15, -0.1) is 0 Å². The van der Waals surface area contributed by atoms with Gasteiger partial charge >= 0.3 is 0 Å². The lowest BCUT2D eigenvalue weighted by Gasteiger charge is -2.17. The van der Waals surface area contributed by atoms with Crippen LogP contribution in [0.25, 0.3) is 0 Å². The Labute approximate surface area is 131 Å². The Bertz CT molecular complexity index is 632. The third-order valence-electron chi connectivity index (χ3n) is 4.41. The van der Waals surface area contributed by atoms with Gasteiger partial charge in [-0.25, -0.2) is 4.98 Å². The molecule has 1 heterocycles. The average molecular weight is 298 g/mol. The van der Waals surface area contributed by atoms with Crippen LogP contribution in [0.15, 0.2) is 42.9 Å². The highest BCUT2D eigenvalue weighted by Crippen LogP contribution is 2.34. The van der Waals surface area contributed by atoms with Crippen molar-refractivity contribution in [3.05, 3.63) is 54.1 Å². The molecule has 0 amide bonds. The lowest BCUT2D eigenvalue weighted by molar-refractivity contribution is 0.0433. The Balaban J connectivity index is 1.69. The average Bonchev–Trinajstić information content (AvgIpc) is 3.29. The van der Waals surface area contributed by atoms with Gasteiger partial charge in [0.15, 0.2) is 0 Å². The van der Waals surface area contributed by atoms with Gasteiger partial charge in [0.1, 0.15) is 12.3 Å². The lowest BCUT2D eigenvalue weighted by atomic mass is 10.1. The first-order valence-corrected chi connectivity index (χ1v) is 7.88. The molecule has 2 aromatic rings. The number of nitrogens with zero attached hydrogens (tertiary/aromatic N) is 2. The maximum atomic E-state index is 12.4. The maximum absolute atomic E-state index is 12.4. The van der Waals surface area contributed by atoms with Gasteiger partial charge in [0.25, 0.3) is 0 Å². The van der Waals surface area contributed by atoms with Crippen LogP contribution in [0.2, 0.25) is 0 Å². The summed E-state index contributed by atoms with van der Waals surface area (Å²) < 4.78 is 7.62. The molecule has 1 aromatic carbocycles. The van der Waals surface area contributed by atoms with Gasteiger partial charge in [0, 0.05) is 0 Å². The third kappa shape index (κ3) is 3.28. The number of hydrogen-bond donors (Lipinski definition) is 0. The standard InChI is InChI=1S/C18H22N2O2/c1-13(15-6-4-3-5-7-15)20-12-19-10-17(20)18(21)11-22-14(2)16-8-9-16/h3-7,10,12-14,16H,8-9,11H2,1-2H3/t13-,14?/m1/s1. The third-order valence-corrected chi connectivity index (χ3v) is 4.41. The summed E-state index contributed by atoms with van der Waals surface area (Å²) in [5.41, 5.74) is 1.76. The van der Waals surface area contributed by atoms with E-state index < -0.39 is 0 Å². The monoisotopic (exact) mass is 298 g/mol. The summed E-state index contributed by atoms with van der Waals surface area (Å²) >= 11 is 0. The summed E-state index contributed by atoms with van der Waals surface area (Å²) in [5, 5.41) is 0. The molecular weight excluding hydrogens is 276 g/mol. The quantitative estimate of drug-likeness (QED) is 0.735. The number of benzene rings is 1. The van der Waals surface area contributed by atoms with Crippen LogP contribution in [-0.4, -0.2) is 28.0 Å². The molecule has 1 aliphatic rings. The number of ether oxygens (including phenoxy) is 1. The predicted molar refractivity (Wildman–Crippen MR) is 85.0 cm³/mol. The van der Waals surface area contributed by atoms with Crippen LogP contribution < -0.4 is 0 Å². The highest BCUT2D eigenvalue weighted by Gasteiger charge is 2.29. The Morgan fingerprint density at radius 1 is 1.32 bits per heavy atom. The fourth-order valence-electron chi connectivity index (χ4n) is 2.70. The number of hydrogen-bond acceptors (Lipinski definition) is 3. The second-order valence-corrected chi connectivity index (χ2v) is 6.05. The minimum atomic E-state index is -0.00668. The summed E-state index contributed by atoms with van der Waals surface area (Å²) in [6.45, 7) is 4.25. The van der Waals surface area contributed by atoms with Gasteiger partial charge in [0.05, 0.1) is 24.7 Å². The molecule has 3 rings (SSSR count). The van der Waals surface area contributed by atoms with Crippen molar-refractivity contribution in [1.82, 2.24) is 9.55 Å². The van der Waals surface area contributed by atoms with Crippen molar-refractivity contribution in [1.29, 1.82) is 0 Å². The van der Waals surface area contributed by atoms with E-state index in [4.69, 9.17) is 4.74 Å². The molecule has 1 aromatic heterocycles. The molecule has 4 heteroatoms. The van der Waals surface area contributed by atoms with Crippen molar-refractivity contribution < 1.29 is 9.53 Å². The molecule has 0 saturated heterocycles.